The Morgan fingerprint density at radius 2 is 1.14 bits per heavy atom. The molecule has 6 heteroatoms. The zero-order valence-corrected chi connectivity index (χ0v) is 15.4. The maximum absolute atomic E-state index is 11.0. The third-order valence-corrected chi connectivity index (χ3v) is 4.26. The van der Waals surface area contributed by atoms with Gasteiger partial charge in [0, 0.05) is 29.7 Å². The quantitative estimate of drug-likeness (QED) is 0.412. The third-order valence-electron chi connectivity index (χ3n) is 4.26. The van der Waals surface area contributed by atoms with E-state index < -0.39 is 4.92 Å². The molecule has 154 valence electrons. The fourth-order valence-corrected chi connectivity index (χ4v) is 2.14. The molecule has 2 atom stereocenters. The van der Waals surface area contributed by atoms with E-state index in [4.69, 9.17) is 5.73 Å². The SMILES string of the molecule is C.C.CC(=O)C(C)c1ccc(N)cc1.CC(=O)C(C)c1ccc([N+](=O)[O-])cc1. The highest BCUT2D eigenvalue weighted by Gasteiger charge is 2.12. The average molecular weight is 389 g/mol. The Morgan fingerprint density at radius 1 is 0.821 bits per heavy atom. The summed E-state index contributed by atoms with van der Waals surface area (Å²) < 4.78 is 0. The Balaban J connectivity index is 0. The van der Waals surface area contributed by atoms with Crippen LogP contribution in [0.4, 0.5) is 11.4 Å². The zero-order chi connectivity index (χ0) is 19.9. The number of hydrogen-bond donors (Lipinski definition) is 1. The maximum Gasteiger partial charge on any atom is 0.269 e. The Bertz CT molecular complexity index is 768. The Hall–Kier alpha value is -3.02. The van der Waals surface area contributed by atoms with Crippen molar-refractivity contribution in [2.75, 3.05) is 5.73 Å². The van der Waals surface area contributed by atoms with Gasteiger partial charge in [0.1, 0.15) is 11.6 Å². The molecule has 2 aromatic rings. The minimum atomic E-state index is -0.456. The lowest BCUT2D eigenvalue weighted by Crippen LogP contribution is -2.03. The predicted octanol–water partition coefficient (Wildman–Crippen LogP) is 5.52. The fraction of sp³-hybridized carbons (Fsp3) is 0.364. The highest BCUT2D eigenvalue weighted by molar-refractivity contribution is 5.83. The molecule has 2 N–H and O–H groups in total. The molecule has 0 saturated heterocycles. The molecule has 0 aromatic heterocycles. The van der Waals surface area contributed by atoms with Crippen LogP contribution in [0, 0.1) is 10.1 Å². The molecule has 2 rings (SSSR count). The molecule has 2 aromatic carbocycles. The van der Waals surface area contributed by atoms with Gasteiger partial charge in [0.25, 0.3) is 5.69 Å². The Labute approximate surface area is 167 Å². The number of nitrogens with two attached hydrogens (primary N) is 1. The highest BCUT2D eigenvalue weighted by atomic mass is 16.6. The van der Waals surface area contributed by atoms with Crippen LogP contribution in [0.2, 0.25) is 0 Å². The lowest BCUT2D eigenvalue weighted by molar-refractivity contribution is -0.384. The van der Waals surface area contributed by atoms with Crippen molar-refractivity contribution >= 4 is 22.9 Å². The first-order valence-electron chi connectivity index (χ1n) is 8.24. The molecule has 0 radical (unpaired) electrons. The van der Waals surface area contributed by atoms with Gasteiger partial charge in [-0.25, -0.2) is 0 Å². The van der Waals surface area contributed by atoms with Crippen LogP contribution >= 0.6 is 0 Å². The number of hydrogen-bond acceptors (Lipinski definition) is 5. The van der Waals surface area contributed by atoms with Crippen LogP contribution in [0.1, 0.15) is 65.5 Å². The van der Waals surface area contributed by atoms with Gasteiger partial charge < -0.3 is 5.73 Å². The lowest BCUT2D eigenvalue weighted by atomic mass is 9.98. The number of nitrogen functional groups attached to an aromatic ring is 1. The summed E-state index contributed by atoms with van der Waals surface area (Å²) in [6.07, 6.45) is 0. The van der Waals surface area contributed by atoms with E-state index in [0.717, 1.165) is 16.8 Å². The van der Waals surface area contributed by atoms with Gasteiger partial charge in [0.2, 0.25) is 0 Å². The van der Waals surface area contributed by atoms with Crippen molar-refractivity contribution in [3.05, 3.63) is 69.8 Å². The van der Waals surface area contributed by atoms with Crippen LogP contribution in [0.25, 0.3) is 0 Å². The van der Waals surface area contributed by atoms with E-state index in [-0.39, 0.29) is 43.9 Å². The lowest BCUT2D eigenvalue weighted by Gasteiger charge is -2.07. The molecule has 6 nitrogen and oxygen atoms in total. The van der Waals surface area contributed by atoms with Crippen molar-refractivity contribution in [1.29, 1.82) is 0 Å². The minimum Gasteiger partial charge on any atom is -0.399 e. The van der Waals surface area contributed by atoms with Gasteiger partial charge in [-0.3, -0.25) is 19.7 Å². The van der Waals surface area contributed by atoms with E-state index >= 15 is 0 Å². The fourth-order valence-electron chi connectivity index (χ4n) is 2.14. The normalized spacial score (nSPS) is 11.4. The number of nitrogens with zero attached hydrogens (tertiary/aromatic N) is 1. The van der Waals surface area contributed by atoms with Crippen molar-refractivity contribution in [3.8, 4) is 0 Å². The largest absolute Gasteiger partial charge is 0.399 e. The van der Waals surface area contributed by atoms with Gasteiger partial charge >= 0.3 is 0 Å². The topological polar surface area (TPSA) is 103 Å². The number of non-ortho nitro benzene ring substituents is 1. The van der Waals surface area contributed by atoms with Gasteiger partial charge in [0.05, 0.1) is 4.92 Å². The monoisotopic (exact) mass is 388 g/mol. The molecule has 0 fully saturated rings. The van der Waals surface area contributed by atoms with Crippen LogP contribution in [0.15, 0.2) is 48.5 Å². The number of Topliss-reactive ketones (excluding diaryl/α,β-unsaturated/α-hetero) is 2. The van der Waals surface area contributed by atoms with Crippen molar-refractivity contribution in [2.24, 2.45) is 0 Å². The van der Waals surface area contributed by atoms with Gasteiger partial charge in [-0.2, -0.15) is 0 Å². The summed E-state index contributed by atoms with van der Waals surface area (Å²) in [7, 11) is 0. The second-order valence-electron chi connectivity index (χ2n) is 6.18. The molecule has 0 aliphatic carbocycles. The summed E-state index contributed by atoms with van der Waals surface area (Å²) in [6.45, 7) is 6.78. The average Bonchev–Trinajstić information content (AvgIpc) is 2.61. The van der Waals surface area contributed by atoms with Crippen LogP contribution in [-0.2, 0) is 9.59 Å². The Kier molecular flexibility index (Phi) is 12.0. The number of nitro groups is 1. The second kappa shape index (κ2) is 12.4. The minimum absolute atomic E-state index is 0. The molecule has 0 bridgehead atoms. The molecule has 0 heterocycles. The van der Waals surface area contributed by atoms with E-state index in [2.05, 4.69) is 0 Å². The molecular weight excluding hydrogens is 356 g/mol. The number of rotatable bonds is 5. The van der Waals surface area contributed by atoms with E-state index in [9.17, 15) is 19.7 Å². The smallest absolute Gasteiger partial charge is 0.269 e. The van der Waals surface area contributed by atoms with Crippen molar-refractivity contribution in [2.45, 2.75) is 54.4 Å². The van der Waals surface area contributed by atoms with E-state index in [0.29, 0.717) is 0 Å². The number of anilines is 1. The molecule has 0 aliphatic rings. The van der Waals surface area contributed by atoms with Crippen molar-refractivity contribution in [3.63, 3.8) is 0 Å². The Morgan fingerprint density at radius 3 is 1.43 bits per heavy atom. The highest BCUT2D eigenvalue weighted by Crippen LogP contribution is 2.19. The molecule has 0 saturated carbocycles. The predicted molar refractivity (Wildman–Crippen MR) is 116 cm³/mol. The van der Waals surface area contributed by atoms with E-state index in [1.165, 1.54) is 19.1 Å². The summed E-state index contributed by atoms with van der Waals surface area (Å²) in [5, 5.41) is 10.4. The summed E-state index contributed by atoms with van der Waals surface area (Å²) in [5.74, 6) is 0.0139. The molecule has 2 unspecified atom stereocenters. The number of carbonyl (C=O) groups is 2. The zero-order valence-electron chi connectivity index (χ0n) is 15.4. The maximum atomic E-state index is 11.0. The summed E-state index contributed by atoms with van der Waals surface area (Å²) in [4.78, 5) is 31.9. The van der Waals surface area contributed by atoms with Crippen LogP contribution < -0.4 is 5.73 Å². The molecule has 0 aliphatic heterocycles. The van der Waals surface area contributed by atoms with Crippen LogP contribution in [0.5, 0.6) is 0 Å². The molecular formula is C22H32N2O4. The number of carbonyl (C=O) groups excluding carboxylic acids is 2. The molecule has 0 spiro atoms. The van der Waals surface area contributed by atoms with Gasteiger partial charge in [0.15, 0.2) is 0 Å². The first kappa shape index (κ1) is 27.2. The van der Waals surface area contributed by atoms with Crippen LogP contribution in [-0.4, -0.2) is 16.5 Å². The van der Waals surface area contributed by atoms with E-state index in [1.54, 1.807) is 26.0 Å². The second-order valence-corrected chi connectivity index (χ2v) is 6.18. The third kappa shape index (κ3) is 8.12. The summed E-state index contributed by atoms with van der Waals surface area (Å²) in [6, 6.07) is 13.5. The summed E-state index contributed by atoms with van der Waals surface area (Å²) >= 11 is 0. The first-order valence-corrected chi connectivity index (χ1v) is 8.24. The molecule has 0 amide bonds. The van der Waals surface area contributed by atoms with Crippen molar-refractivity contribution < 1.29 is 14.5 Å². The van der Waals surface area contributed by atoms with Crippen LogP contribution in [0.3, 0.4) is 0 Å². The molecule has 28 heavy (non-hydrogen) atoms. The number of nitro benzene ring substituents is 1. The first-order chi connectivity index (χ1) is 12.1. The number of benzene rings is 2. The van der Waals surface area contributed by atoms with E-state index in [1.807, 2.05) is 31.2 Å². The number of ketones is 2. The van der Waals surface area contributed by atoms with Gasteiger partial charge in [-0.15, -0.1) is 0 Å². The van der Waals surface area contributed by atoms with Crippen molar-refractivity contribution in [1.82, 2.24) is 0 Å². The standard InChI is InChI=1S/C10H11NO3.C10H13NO.2CH4/c1-7(8(2)12)9-3-5-10(6-4-9)11(13)14;1-7(8(2)12)9-3-5-10(11)6-4-9;;/h3-7H,1-2H3;3-7H,11H2,1-2H3;2*1H4. The van der Waals surface area contributed by atoms with Gasteiger partial charge in [-0.05, 0) is 37.1 Å². The van der Waals surface area contributed by atoms with Gasteiger partial charge in [-0.1, -0.05) is 53.0 Å². The summed E-state index contributed by atoms with van der Waals surface area (Å²) in [5.41, 5.74) is 8.13.